The predicted molar refractivity (Wildman–Crippen MR) is 86.9 cm³/mol. The van der Waals surface area contributed by atoms with E-state index in [-0.39, 0.29) is 5.82 Å². The first-order valence-corrected chi connectivity index (χ1v) is 8.05. The smallest absolute Gasteiger partial charge is 0.148 e. The summed E-state index contributed by atoms with van der Waals surface area (Å²) in [6.45, 7) is 2.24. The van der Waals surface area contributed by atoms with E-state index in [1.165, 1.54) is 12.1 Å². The van der Waals surface area contributed by atoms with Gasteiger partial charge >= 0.3 is 0 Å². The maximum absolute atomic E-state index is 13.1. The Labute approximate surface area is 139 Å². The largest absolute Gasteiger partial charge is 0.487 e. The fourth-order valence-corrected chi connectivity index (χ4v) is 3.46. The topological polar surface area (TPSA) is 9.23 Å². The van der Waals surface area contributed by atoms with E-state index in [1.54, 1.807) is 6.07 Å². The summed E-state index contributed by atoms with van der Waals surface area (Å²) in [5.74, 6) is 0.914. The maximum Gasteiger partial charge on any atom is 0.148 e. The zero-order chi connectivity index (χ0) is 14.7. The highest BCUT2D eigenvalue weighted by Gasteiger charge is 2.10. The minimum atomic E-state index is -0.236. The molecule has 2 rings (SSSR count). The summed E-state index contributed by atoms with van der Waals surface area (Å²) in [6, 6.07) is 8.51. The predicted octanol–water partition coefficient (Wildman–Crippen LogP) is 5.98. The lowest BCUT2D eigenvalue weighted by Gasteiger charge is -2.13. The SMILES string of the molecule is Cc1cc(F)ccc1COc1c(Br)cc(CCl)cc1Br. The molecule has 0 aliphatic rings. The number of benzene rings is 2. The molecule has 0 bridgehead atoms. The van der Waals surface area contributed by atoms with E-state index in [1.807, 2.05) is 19.1 Å². The number of hydrogen-bond donors (Lipinski definition) is 0. The average Bonchev–Trinajstić information content (AvgIpc) is 2.39. The first kappa shape index (κ1) is 15.8. The highest BCUT2D eigenvalue weighted by Crippen LogP contribution is 2.35. The zero-order valence-corrected chi connectivity index (χ0v) is 14.6. The van der Waals surface area contributed by atoms with Gasteiger partial charge in [-0.15, -0.1) is 11.6 Å². The van der Waals surface area contributed by atoms with Gasteiger partial charge in [0.05, 0.1) is 8.95 Å². The number of ether oxygens (including phenoxy) is 1. The molecule has 2 aromatic rings. The molecular weight excluding hydrogens is 410 g/mol. The first-order chi connectivity index (χ1) is 9.51. The average molecular weight is 423 g/mol. The fraction of sp³-hybridized carbons (Fsp3) is 0.200. The Balaban J connectivity index is 2.19. The van der Waals surface area contributed by atoms with Crippen molar-refractivity contribution in [1.82, 2.24) is 0 Å². The van der Waals surface area contributed by atoms with Gasteiger partial charge in [-0.05, 0) is 79.7 Å². The van der Waals surface area contributed by atoms with Crippen LogP contribution in [0.3, 0.4) is 0 Å². The molecule has 0 fully saturated rings. The van der Waals surface area contributed by atoms with Crippen LogP contribution < -0.4 is 4.74 Å². The van der Waals surface area contributed by atoms with Crippen LogP contribution in [-0.2, 0) is 12.5 Å². The van der Waals surface area contributed by atoms with Crippen molar-refractivity contribution < 1.29 is 9.13 Å². The maximum atomic E-state index is 13.1. The molecule has 0 unspecified atom stereocenters. The fourth-order valence-electron chi connectivity index (χ4n) is 1.80. The summed E-state index contributed by atoms with van der Waals surface area (Å²) in [4.78, 5) is 0. The molecule has 0 aliphatic heterocycles. The summed E-state index contributed by atoms with van der Waals surface area (Å²) < 4.78 is 20.5. The minimum absolute atomic E-state index is 0.236. The van der Waals surface area contributed by atoms with Gasteiger partial charge in [0.25, 0.3) is 0 Å². The van der Waals surface area contributed by atoms with Gasteiger partial charge < -0.3 is 4.74 Å². The molecule has 0 saturated carbocycles. The van der Waals surface area contributed by atoms with Crippen LogP contribution in [0.5, 0.6) is 5.75 Å². The highest BCUT2D eigenvalue weighted by molar-refractivity contribution is 9.11. The second kappa shape index (κ2) is 6.92. The van der Waals surface area contributed by atoms with Gasteiger partial charge in [-0.3, -0.25) is 0 Å². The van der Waals surface area contributed by atoms with Crippen LogP contribution in [0.15, 0.2) is 39.3 Å². The Bertz CT molecular complexity index is 608. The van der Waals surface area contributed by atoms with Gasteiger partial charge in [-0.25, -0.2) is 4.39 Å². The first-order valence-electron chi connectivity index (χ1n) is 5.93. The van der Waals surface area contributed by atoms with Crippen LogP contribution in [0.1, 0.15) is 16.7 Å². The Hall–Kier alpha value is -0.580. The summed E-state index contributed by atoms with van der Waals surface area (Å²) in [5, 5.41) is 0. The van der Waals surface area contributed by atoms with Gasteiger partial charge in [0.15, 0.2) is 0 Å². The van der Waals surface area contributed by atoms with Crippen molar-refractivity contribution in [3.8, 4) is 5.75 Å². The molecule has 0 aromatic heterocycles. The molecule has 0 atom stereocenters. The van der Waals surface area contributed by atoms with E-state index >= 15 is 0 Å². The van der Waals surface area contributed by atoms with Crippen LogP contribution in [0.4, 0.5) is 4.39 Å². The lowest BCUT2D eigenvalue weighted by molar-refractivity contribution is 0.301. The van der Waals surface area contributed by atoms with Crippen LogP contribution in [0, 0.1) is 12.7 Å². The quantitative estimate of drug-likeness (QED) is 0.551. The van der Waals surface area contributed by atoms with Crippen LogP contribution in [0.2, 0.25) is 0 Å². The molecule has 5 heteroatoms. The van der Waals surface area contributed by atoms with Crippen LogP contribution >= 0.6 is 43.5 Å². The van der Waals surface area contributed by atoms with E-state index in [0.29, 0.717) is 18.2 Å². The van der Waals surface area contributed by atoms with E-state index in [2.05, 4.69) is 31.9 Å². The molecule has 2 aromatic carbocycles. The van der Waals surface area contributed by atoms with Crippen molar-refractivity contribution in [3.05, 3.63) is 61.8 Å². The van der Waals surface area contributed by atoms with E-state index in [9.17, 15) is 4.39 Å². The molecule has 0 N–H and O–H groups in total. The van der Waals surface area contributed by atoms with Crippen molar-refractivity contribution in [1.29, 1.82) is 0 Å². The third-order valence-corrected chi connectivity index (χ3v) is 4.38. The molecule has 0 heterocycles. The summed E-state index contributed by atoms with van der Waals surface area (Å²) in [7, 11) is 0. The van der Waals surface area contributed by atoms with Crippen molar-refractivity contribution in [2.45, 2.75) is 19.4 Å². The second-order valence-electron chi connectivity index (χ2n) is 4.38. The highest BCUT2D eigenvalue weighted by atomic mass is 79.9. The molecule has 0 amide bonds. The lowest BCUT2D eigenvalue weighted by atomic mass is 10.1. The van der Waals surface area contributed by atoms with Crippen molar-refractivity contribution in [2.24, 2.45) is 0 Å². The Morgan fingerprint density at radius 1 is 1.15 bits per heavy atom. The molecule has 106 valence electrons. The minimum Gasteiger partial charge on any atom is -0.487 e. The van der Waals surface area contributed by atoms with Gasteiger partial charge in [0.2, 0.25) is 0 Å². The Kier molecular flexibility index (Phi) is 5.47. The monoisotopic (exact) mass is 420 g/mol. The summed E-state index contributed by atoms with van der Waals surface area (Å²) in [6.07, 6.45) is 0. The van der Waals surface area contributed by atoms with Crippen molar-refractivity contribution in [3.63, 3.8) is 0 Å². The van der Waals surface area contributed by atoms with E-state index in [4.69, 9.17) is 16.3 Å². The molecular formula is C15H12Br2ClFO. The van der Waals surface area contributed by atoms with Crippen LogP contribution in [0.25, 0.3) is 0 Å². The number of aryl methyl sites for hydroxylation is 1. The standard InChI is InChI=1S/C15H12Br2ClFO/c1-9-4-12(19)3-2-11(9)8-20-15-13(16)5-10(7-18)6-14(15)17/h2-6H,7-8H2,1H3. The van der Waals surface area contributed by atoms with Crippen molar-refractivity contribution >= 4 is 43.5 Å². The molecule has 0 aliphatic carbocycles. The third-order valence-electron chi connectivity index (χ3n) is 2.89. The number of halogens is 4. The number of hydrogen-bond acceptors (Lipinski definition) is 1. The van der Waals surface area contributed by atoms with E-state index in [0.717, 1.165) is 25.6 Å². The molecule has 0 radical (unpaired) electrons. The van der Waals surface area contributed by atoms with Crippen LogP contribution in [-0.4, -0.2) is 0 Å². The second-order valence-corrected chi connectivity index (χ2v) is 6.36. The number of rotatable bonds is 4. The van der Waals surface area contributed by atoms with Gasteiger partial charge in [0, 0.05) is 5.88 Å². The normalized spacial score (nSPS) is 10.7. The molecule has 0 spiro atoms. The third kappa shape index (κ3) is 3.74. The Morgan fingerprint density at radius 3 is 2.35 bits per heavy atom. The van der Waals surface area contributed by atoms with E-state index < -0.39 is 0 Å². The number of alkyl halides is 1. The molecule has 20 heavy (non-hydrogen) atoms. The lowest BCUT2D eigenvalue weighted by Crippen LogP contribution is -2.00. The zero-order valence-electron chi connectivity index (χ0n) is 10.7. The van der Waals surface area contributed by atoms with Gasteiger partial charge in [-0.2, -0.15) is 0 Å². The van der Waals surface area contributed by atoms with Gasteiger partial charge in [0.1, 0.15) is 18.2 Å². The molecule has 0 saturated heterocycles. The molecule has 1 nitrogen and oxygen atoms in total. The summed E-state index contributed by atoms with van der Waals surface area (Å²) in [5.41, 5.74) is 2.82. The summed E-state index contributed by atoms with van der Waals surface area (Å²) >= 11 is 12.8. The Morgan fingerprint density at radius 2 is 1.80 bits per heavy atom. The van der Waals surface area contributed by atoms with Gasteiger partial charge in [-0.1, -0.05) is 6.07 Å². The van der Waals surface area contributed by atoms with Crippen molar-refractivity contribution in [2.75, 3.05) is 0 Å².